The number of fused-ring (bicyclic) bond motifs is 1. The van der Waals surface area contributed by atoms with Gasteiger partial charge in [0.05, 0.1) is 5.39 Å². The number of ether oxygens (including phenoxy) is 1. The molecule has 0 aliphatic rings. The molecule has 0 aromatic carbocycles. The SMILES string of the molecule is CNc1nc(OCCN(C)C)c2cc(C)sc2n1. The van der Waals surface area contributed by atoms with Gasteiger partial charge in [0, 0.05) is 18.5 Å². The van der Waals surface area contributed by atoms with E-state index in [0.717, 1.165) is 16.8 Å². The molecule has 0 spiro atoms. The van der Waals surface area contributed by atoms with E-state index >= 15 is 0 Å². The van der Waals surface area contributed by atoms with Crippen LogP contribution in [0.25, 0.3) is 10.2 Å². The second-order valence-corrected chi connectivity index (χ2v) is 5.56. The minimum absolute atomic E-state index is 0.601. The summed E-state index contributed by atoms with van der Waals surface area (Å²) in [5.74, 6) is 1.26. The maximum absolute atomic E-state index is 5.76. The number of hydrogen-bond donors (Lipinski definition) is 1. The zero-order valence-corrected chi connectivity index (χ0v) is 12.0. The highest BCUT2D eigenvalue weighted by Crippen LogP contribution is 2.30. The van der Waals surface area contributed by atoms with Gasteiger partial charge < -0.3 is 15.0 Å². The average Bonchev–Trinajstić information content (AvgIpc) is 2.68. The molecule has 0 saturated heterocycles. The molecular weight excluding hydrogens is 248 g/mol. The van der Waals surface area contributed by atoms with Crippen LogP contribution in [0.1, 0.15) is 4.88 Å². The van der Waals surface area contributed by atoms with Gasteiger partial charge in [-0.15, -0.1) is 11.3 Å². The maximum Gasteiger partial charge on any atom is 0.227 e. The first-order chi connectivity index (χ1) is 8.60. The van der Waals surface area contributed by atoms with Crippen molar-refractivity contribution in [1.82, 2.24) is 14.9 Å². The van der Waals surface area contributed by atoms with E-state index in [-0.39, 0.29) is 0 Å². The number of aromatic nitrogens is 2. The first-order valence-electron chi connectivity index (χ1n) is 5.83. The van der Waals surface area contributed by atoms with E-state index in [1.807, 2.05) is 21.1 Å². The number of rotatable bonds is 5. The average molecular weight is 266 g/mol. The van der Waals surface area contributed by atoms with Crippen molar-refractivity contribution in [3.8, 4) is 5.88 Å². The Bertz CT molecular complexity index is 538. The molecule has 2 heterocycles. The van der Waals surface area contributed by atoms with E-state index < -0.39 is 0 Å². The number of nitrogens with one attached hydrogen (secondary N) is 1. The highest BCUT2D eigenvalue weighted by molar-refractivity contribution is 7.18. The summed E-state index contributed by atoms with van der Waals surface area (Å²) in [6.45, 7) is 3.55. The maximum atomic E-state index is 5.76. The fraction of sp³-hybridized carbons (Fsp3) is 0.500. The zero-order valence-electron chi connectivity index (χ0n) is 11.1. The van der Waals surface area contributed by atoms with E-state index in [4.69, 9.17) is 4.74 Å². The minimum Gasteiger partial charge on any atom is -0.476 e. The predicted molar refractivity (Wildman–Crippen MR) is 75.7 cm³/mol. The van der Waals surface area contributed by atoms with Crippen molar-refractivity contribution in [2.45, 2.75) is 6.92 Å². The molecule has 0 radical (unpaired) electrons. The lowest BCUT2D eigenvalue weighted by molar-refractivity contribution is 0.256. The molecule has 98 valence electrons. The normalized spacial score (nSPS) is 11.2. The molecule has 2 aromatic rings. The summed E-state index contributed by atoms with van der Waals surface area (Å²) in [5.41, 5.74) is 0. The number of aryl methyl sites for hydroxylation is 1. The van der Waals surface area contributed by atoms with E-state index in [1.165, 1.54) is 4.88 Å². The van der Waals surface area contributed by atoms with Crippen molar-refractivity contribution in [3.05, 3.63) is 10.9 Å². The lowest BCUT2D eigenvalue weighted by atomic mass is 10.3. The van der Waals surface area contributed by atoms with Crippen LogP contribution in [-0.4, -0.2) is 49.2 Å². The molecule has 0 unspecified atom stereocenters. The lowest BCUT2D eigenvalue weighted by Crippen LogP contribution is -2.19. The van der Waals surface area contributed by atoms with Gasteiger partial charge in [0.25, 0.3) is 0 Å². The Balaban J connectivity index is 2.28. The summed E-state index contributed by atoms with van der Waals surface area (Å²) in [7, 11) is 5.85. The fourth-order valence-electron chi connectivity index (χ4n) is 1.56. The molecule has 2 rings (SSSR count). The van der Waals surface area contributed by atoms with E-state index in [1.54, 1.807) is 11.3 Å². The Hall–Kier alpha value is -1.40. The third kappa shape index (κ3) is 2.88. The summed E-state index contributed by atoms with van der Waals surface area (Å²) >= 11 is 1.65. The Morgan fingerprint density at radius 2 is 2.17 bits per heavy atom. The van der Waals surface area contributed by atoms with Gasteiger partial charge in [0.2, 0.25) is 11.8 Å². The van der Waals surface area contributed by atoms with E-state index in [0.29, 0.717) is 18.4 Å². The molecule has 6 heteroatoms. The summed E-state index contributed by atoms with van der Waals surface area (Å²) in [6, 6.07) is 2.07. The molecule has 0 bridgehead atoms. The molecule has 0 aliphatic carbocycles. The van der Waals surface area contributed by atoms with Gasteiger partial charge in [-0.05, 0) is 27.1 Å². The summed E-state index contributed by atoms with van der Waals surface area (Å²) in [5, 5.41) is 3.96. The van der Waals surface area contributed by atoms with Gasteiger partial charge in [-0.3, -0.25) is 0 Å². The Morgan fingerprint density at radius 3 is 2.83 bits per heavy atom. The van der Waals surface area contributed by atoms with Crippen LogP contribution in [0.2, 0.25) is 0 Å². The molecule has 0 amide bonds. The van der Waals surface area contributed by atoms with Crippen molar-refractivity contribution in [2.75, 3.05) is 39.6 Å². The topological polar surface area (TPSA) is 50.3 Å². The van der Waals surface area contributed by atoms with Crippen molar-refractivity contribution in [3.63, 3.8) is 0 Å². The third-order valence-electron chi connectivity index (χ3n) is 2.48. The van der Waals surface area contributed by atoms with Crippen molar-refractivity contribution >= 4 is 27.5 Å². The Labute approximate surface area is 111 Å². The van der Waals surface area contributed by atoms with Gasteiger partial charge >= 0.3 is 0 Å². The van der Waals surface area contributed by atoms with Crippen LogP contribution >= 0.6 is 11.3 Å². The summed E-state index contributed by atoms with van der Waals surface area (Å²) < 4.78 is 5.76. The molecule has 1 N–H and O–H groups in total. The standard InChI is InChI=1S/C12H18N4OS/c1-8-7-9-10(17-6-5-16(3)4)14-12(13-2)15-11(9)18-8/h7H,5-6H2,1-4H3,(H,13,14,15). The monoisotopic (exact) mass is 266 g/mol. The highest BCUT2D eigenvalue weighted by Gasteiger charge is 2.11. The van der Waals surface area contributed by atoms with Crippen molar-refractivity contribution < 1.29 is 4.74 Å². The van der Waals surface area contributed by atoms with E-state index in [9.17, 15) is 0 Å². The van der Waals surface area contributed by atoms with Gasteiger partial charge in [-0.25, -0.2) is 4.98 Å². The Kier molecular flexibility index (Phi) is 3.98. The second-order valence-electron chi connectivity index (χ2n) is 4.33. The van der Waals surface area contributed by atoms with Crippen LogP contribution in [-0.2, 0) is 0 Å². The van der Waals surface area contributed by atoms with Crippen LogP contribution < -0.4 is 10.1 Å². The molecule has 0 fully saturated rings. The van der Waals surface area contributed by atoms with Gasteiger partial charge in [-0.1, -0.05) is 0 Å². The van der Waals surface area contributed by atoms with Crippen LogP contribution in [0, 0.1) is 6.92 Å². The largest absolute Gasteiger partial charge is 0.476 e. The molecule has 18 heavy (non-hydrogen) atoms. The molecule has 2 aromatic heterocycles. The molecule has 0 atom stereocenters. The van der Waals surface area contributed by atoms with Crippen LogP contribution in [0.4, 0.5) is 5.95 Å². The van der Waals surface area contributed by atoms with Crippen molar-refractivity contribution in [1.29, 1.82) is 0 Å². The number of likely N-dealkylation sites (N-methyl/N-ethyl adjacent to an activating group) is 1. The number of nitrogens with zero attached hydrogens (tertiary/aromatic N) is 3. The molecule has 0 saturated carbocycles. The molecule has 5 nitrogen and oxygen atoms in total. The number of hydrogen-bond acceptors (Lipinski definition) is 6. The number of thiophene rings is 1. The van der Waals surface area contributed by atoms with Gasteiger partial charge in [-0.2, -0.15) is 4.98 Å². The second kappa shape index (κ2) is 5.49. The minimum atomic E-state index is 0.601. The first kappa shape index (κ1) is 13.0. The van der Waals surface area contributed by atoms with Crippen LogP contribution in [0.3, 0.4) is 0 Å². The predicted octanol–water partition coefficient (Wildman–Crippen LogP) is 1.98. The van der Waals surface area contributed by atoms with Gasteiger partial charge in [0.15, 0.2) is 0 Å². The van der Waals surface area contributed by atoms with Crippen molar-refractivity contribution in [2.24, 2.45) is 0 Å². The molecular formula is C12H18N4OS. The van der Waals surface area contributed by atoms with E-state index in [2.05, 4.69) is 33.2 Å². The highest BCUT2D eigenvalue weighted by atomic mass is 32.1. The summed E-state index contributed by atoms with van der Waals surface area (Å²) in [6.07, 6.45) is 0. The fourth-order valence-corrected chi connectivity index (χ4v) is 2.43. The lowest BCUT2D eigenvalue weighted by Gasteiger charge is -2.11. The van der Waals surface area contributed by atoms with Crippen LogP contribution in [0.15, 0.2) is 6.07 Å². The van der Waals surface area contributed by atoms with Crippen LogP contribution in [0.5, 0.6) is 5.88 Å². The molecule has 0 aliphatic heterocycles. The smallest absolute Gasteiger partial charge is 0.227 e. The third-order valence-corrected chi connectivity index (χ3v) is 3.43. The first-order valence-corrected chi connectivity index (χ1v) is 6.65. The number of anilines is 1. The Morgan fingerprint density at radius 1 is 1.39 bits per heavy atom. The summed E-state index contributed by atoms with van der Waals surface area (Å²) in [4.78, 5) is 13.1. The van der Waals surface area contributed by atoms with Gasteiger partial charge in [0.1, 0.15) is 11.4 Å². The zero-order chi connectivity index (χ0) is 13.1. The quantitative estimate of drug-likeness (QED) is 0.897.